The van der Waals surface area contributed by atoms with E-state index in [4.69, 9.17) is 18.6 Å². The van der Waals surface area contributed by atoms with Crippen LogP contribution in [0.3, 0.4) is 0 Å². The largest absolute Gasteiger partial charge is 0.462 e. The molecule has 0 bridgehead atoms. The molecular formula is C35H41FN2O8S. The first-order valence-electron chi connectivity index (χ1n) is 15.7. The lowest BCUT2D eigenvalue weighted by atomic mass is 10.00. The normalized spacial score (nSPS) is 14.0. The number of ether oxygens (including phenoxy) is 3. The zero-order valence-electron chi connectivity index (χ0n) is 26.8. The highest BCUT2D eigenvalue weighted by molar-refractivity contribution is 7.92. The molecule has 1 fully saturated rings. The summed E-state index contributed by atoms with van der Waals surface area (Å²) in [6.07, 6.45) is 2.70. The molecule has 1 heterocycles. The third-order valence-electron chi connectivity index (χ3n) is 7.92. The van der Waals surface area contributed by atoms with Gasteiger partial charge in [-0.1, -0.05) is 19.1 Å². The lowest BCUT2D eigenvalue weighted by Gasteiger charge is -2.25. The molecule has 1 saturated carbocycles. The number of benzene rings is 3. The smallest absolute Gasteiger partial charge is 0.338 e. The van der Waals surface area contributed by atoms with Crippen LogP contribution in [-0.2, 0) is 30.8 Å². The van der Waals surface area contributed by atoms with Crippen molar-refractivity contribution >= 4 is 32.6 Å². The molecule has 4 aromatic rings. The highest BCUT2D eigenvalue weighted by atomic mass is 32.2. The van der Waals surface area contributed by atoms with E-state index in [-0.39, 0.29) is 31.6 Å². The molecule has 0 amide bonds. The number of esters is 1. The van der Waals surface area contributed by atoms with E-state index in [1.807, 2.05) is 25.1 Å². The number of carbonyl (C=O) groups excluding carboxylic acids is 1. The van der Waals surface area contributed by atoms with Crippen molar-refractivity contribution in [3.8, 4) is 11.3 Å². The standard InChI is InChI=1S/C35H41FN2O8S/c1-4-16-45-35(40)26-7-5-23(6-8-26)22-44-19-18-43-17-15-38(47(3,41)42)30-21-31-29(20-28(30)24-9-10-24)32(34(39)37-2)33(46-31)25-11-13-27(36)14-12-25/h5-8,11-14,20-21,24,34,37,39H,4,9-10,15-19,22H2,1-3H3. The number of furan rings is 1. The van der Waals surface area contributed by atoms with E-state index in [1.165, 1.54) is 16.4 Å². The van der Waals surface area contributed by atoms with E-state index < -0.39 is 22.1 Å². The minimum Gasteiger partial charge on any atom is -0.462 e. The summed E-state index contributed by atoms with van der Waals surface area (Å²) in [5.41, 5.74) is 4.24. The molecule has 252 valence electrons. The summed E-state index contributed by atoms with van der Waals surface area (Å²) in [6.45, 7) is 3.43. The first kappa shape index (κ1) is 34.5. The molecule has 0 spiro atoms. The molecule has 1 atom stereocenters. The highest BCUT2D eigenvalue weighted by Gasteiger charge is 2.33. The zero-order valence-corrected chi connectivity index (χ0v) is 27.6. The predicted molar refractivity (Wildman–Crippen MR) is 177 cm³/mol. The van der Waals surface area contributed by atoms with Gasteiger partial charge >= 0.3 is 5.97 Å². The van der Waals surface area contributed by atoms with Crippen LogP contribution in [0.1, 0.15) is 65.4 Å². The molecular weight excluding hydrogens is 627 g/mol. The molecule has 1 aromatic heterocycles. The average Bonchev–Trinajstić information content (AvgIpc) is 3.84. The number of aliphatic hydroxyl groups is 1. The van der Waals surface area contributed by atoms with E-state index in [2.05, 4.69) is 5.32 Å². The Balaban J connectivity index is 1.26. The van der Waals surface area contributed by atoms with Gasteiger partial charge in [0.1, 0.15) is 23.4 Å². The molecule has 2 N–H and O–H groups in total. The number of anilines is 1. The molecule has 1 aliphatic carbocycles. The molecule has 3 aromatic carbocycles. The van der Waals surface area contributed by atoms with Gasteiger partial charge in [-0.05, 0) is 85.8 Å². The van der Waals surface area contributed by atoms with Crippen LogP contribution in [0.2, 0.25) is 0 Å². The first-order valence-corrected chi connectivity index (χ1v) is 17.6. The summed E-state index contributed by atoms with van der Waals surface area (Å²) in [4.78, 5) is 12.0. The molecule has 1 unspecified atom stereocenters. The second-order valence-electron chi connectivity index (χ2n) is 11.6. The third-order valence-corrected chi connectivity index (χ3v) is 9.10. The molecule has 5 rings (SSSR count). The number of aliphatic hydroxyl groups excluding tert-OH is 1. The second-order valence-corrected chi connectivity index (χ2v) is 13.5. The summed E-state index contributed by atoms with van der Waals surface area (Å²) in [6, 6.07) is 16.4. The molecule has 0 aliphatic heterocycles. The van der Waals surface area contributed by atoms with Gasteiger partial charge in [-0.15, -0.1) is 0 Å². The number of sulfonamides is 1. The van der Waals surface area contributed by atoms with E-state index in [0.717, 1.165) is 36.6 Å². The third kappa shape index (κ3) is 8.57. The average molecular weight is 669 g/mol. The van der Waals surface area contributed by atoms with Gasteiger partial charge in [-0.2, -0.15) is 0 Å². The van der Waals surface area contributed by atoms with E-state index >= 15 is 0 Å². The fourth-order valence-electron chi connectivity index (χ4n) is 5.37. The van der Waals surface area contributed by atoms with Crippen LogP contribution >= 0.6 is 0 Å². The monoisotopic (exact) mass is 668 g/mol. The Morgan fingerprint density at radius 3 is 2.38 bits per heavy atom. The Hall–Kier alpha value is -3.81. The number of nitrogens with zero attached hydrogens (tertiary/aromatic N) is 1. The number of fused-ring (bicyclic) bond motifs is 1. The Morgan fingerprint density at radius 1 is 1.04 bits per heavy atom. The number of halogens is 1. The van der Waals surface area contributed by atoms with Crippen LogP contribution in [0.4, 0.5) is 10.1 Å². The fraction of sp³-hybridized carbons (Fsp3) is 0.400. The summed E-state index contributed by atoms with van der Waals surface area (Å²) >= 11 is 0. The van der Waals surface area contributed by atoms with Gasteiger partial charge in [0, 0.05) is 22.6 Å². The number of hydrogen-bond donors (Lipinski definition) is 2. The van der Waals surface area contributed by atoms with Crippen LogP contribution in [-0.4, -0.2) is 65.8 Å². The van der Waals surface area contributed by atoms with Gasteiger partial charge in [-0.25, -0.2) is 17.6 Å². The Bertz CT molecular complexity index is 1770. The van der Waals surface area contributed by atoms with Crippen LogP contribution in [0, 0.1) is 5.82 Å². The molecule has 0 saturated heterocycles. The summed E-state index contributed by atoms with van der Waals surface area (Å²) in [5.74, 6) is -0.196. The number of rotatable bonds is 17. The van der Waals surface area contributed by atoms with E-state index in [1.54, 1.807) is 37.4 Å². The first-order chi connectivity index (χ1) is 22.6. The molecule has 47 heavy (non-hydrogen) atoms. The van der Waals surface area contributed by atoms with Crippen LogP contribution in [0.25, 0.3) is 22.3 Å². The maximum Gasteiger partial charge on any atom is 0.338 e. The molecule has 12 heteroatoms. The Labute approximate surface area is 274 Å². The van der Waals surface area contributed by atoms with Crippen molar-refractivity contribution in [1.82, 2.24) is 5.32 Å². The van der Waals surface area contributed by atoms with Crippen molar-refractivity contribution in [2.75, 3.05) is 50.6 Å². The van der Waals surface area contributed by atoms with Crippen LogP contribution in [0.15, 0.2) is 65.1 Å². The molecule has 10 nitrogen and oxygen atoms in total. The Kier molecular flexibility index (Phi) is 11.3. The second kappa shape index (κ2) is 15.4. The van der Waals surface area contributed by atoms with Gasteiger partial charge < -0.3 is 23.7 Å². The van der Waals surface area contributed by atoms with E-state index in [0.29, 0.717) is 58.9 Å². The Morgan fingerprint density at radius 2 is 1.74 bits per heavy atom. The number of carbonyl (C=O) groups is 1. The maximum absolute atomic E-state index is 13.7. The van der Waals surface area contributed by atoms with E-state index in [9.17, 15) is 22.7 Å². The SMILES string of the molecule is CCCOC(=O)c1ccc(COCCOCCN(c2cc3oc(-c4ccc(F)cc4)c(C(O)NC)c3cc2C2CC2)S(C)(=O)=O)cc1. The van der Waals surface area contributed by atoms with Gasteiger partial charge in [0.2, 0.25) is 10.0 Å². The predicted octanol–water partition coefficient (Wildman–Crippen LogP) is 5.89. The van der Waals surface area contributed by atoms with Crippen molar-refractivity contribution in [3.63, 3.8) is 0 Å². The van der Waals surface area contributed by atoms with Crippen molar-refractivity contribution in [3.05, 3.63) is 88.7 Å². The zero-order chi connectivity index (χ0) is 33.6. The summed E-state index contributed by atoms with van der Waals surface area (Å²) < 4.78 is 64.0. The fourth-order valence-corrected chi connectivity index (χ4v) is 6.30. The van der Waals surface area contributed by atoms with Gasteiger partial charge in [0.25, 0.3) is 0 Å². The van der Waals surface area contributed by atoms with Crippen molar-refractivity contribution < 1.29 is 41.3 Å². The van der Waals surface area contributed by atoms with Gasteiger partial charge in [-0.3, -0.25) is 9.62 Å². The lowest BCUT2D eigenvalue weighted by molar-refractivity contribution is 0.0435. The van der Waals surface area contributed by atoms with Crippen molar-refractivity contribution in [2.45, 2.75) is 44.9 Å². The highest BCUT2D eigenvalue weighted by Crippen LogP contribution is 2.48. The van der Waals surface area contributed by atoms with Gasteiger partial charge in [0.05, 0.1) is 57.1 Å². The topological polar surface area (TPSA) is 128 Å². The quantitative estimate of drug-likeness (QED) is 0.0804. The van der Waals surface area contributed by atoms with Crippen LogP contribution < -0.4 is 9.62 Å². The minimum atomic E-state index is -3.70. The summed E-state index contributed by atoms with van der Waals surface area (Å²) in [7, 11) is -2.08. The number of nitrogens with one attached hydrogen (secondary N) is 1. The van der Waals surface area contributed by atoms with Crippen molar-refractivity contribution in [1.29, 1.82) is 0 Å². The van der Waals surface area contributed by atoms with Gasteiger partial charge in [0.15, 0.2) is 0 Å². The van der Waals surface area contributed by atoms with Crippen molar-refractivity contribution in [2.24, 2.45) is 0 Å². The lowest BCUT2D eigenvalue weighted by Crippen LogP contribution is -2.34. The minimum absolute atomic E-state index is 0.0805. The summed E-state index contributed by atoms with van der Waals surface area (Å²) in [5, 5.41) is 14.4. The molecule has 1 aliphatic rings. The molecule has 0 radical (unpaired) electrons. The number of hydrogen-bond acceptors (Lipinski definition) is 9. The maximum atomic E-state index is 13.7. The van der Waals surface area contributed by atoms with Crippen LogP contribution in [0.5, 0.6) is 0 Å².